The minimum atomic E-state index is -0.474. The van der Waals surface area contributed by atoms with Crippen LogP contribution < -0.4 is 11.1 Å². The summed E-state index contributed by atoms with van der Waals surface area (Å²) in [5.74, 6) is 0. The molecule has 0 aromatic heterocycles. The Morgan fingerprint density at radius 3 is 2.91 bits per heavy atom. The Kier molecular flexibility index (Phi) is 3.30. The molecule has 0 amide bonds. The summed E-state index contributed by atoms with van der Waals surface area (Å²) in [6.45, 7) is 2.56. The molecule has 0 saturated carbocycles. The zero-order valence-electron chi connectivity index (χ0n) is 6.97. The van der Waals surface area contributed by atoms with Crippen molar-refractivity contribution in [3.63, 3.8) is 0 Å². The van der Waals surface area contributed by atoms with Gasteiger partial charge in [0.15, 0.2) is 0 Å². The highest BCUT2D eigenvalue weighted by Crippen LogP contribution is 2.22. The molecule has 1 aliphatic rings. The van der Waals surface area contributed by atoms with Crippen molar-refractivity contribution in [1.29, 1.82) is 0 Å². The molecule has 1 aliphatic heterocycles. The number of nitrogens with one attached hydrogen (secondary N) is 1. The summed E-state index contributed by atoms with van der Waals surface area (Å²) in [6.07, 6.45) is 3.56. The summed E-state index contributed by atoms with van der Waals surface area (Å²) < 4.78 is 0. The van der Waals surface area contributed by atoms with E-state index in [4.69, 9.17) is 5.73 Å². The Bertz CT molecular complexity index is 109. The number of hydrogen-bond donors (Lipinski definition) is 3. The fourth-order valence-corrected chi connectivity index (χ4v) is 1.63. The second-order valence-corrected chi connectivity index (χ2v) is 3.37. The van der Waals surface area contributed by atoms with Crippen molar-refractivity contribution in [2.45, 2.75) is 31.3 Å². The van der Waals surface area contributed by atoms with Crippen LogP contribution >= 0.6 is 0 Å². The molecule has 0 radical (unpaired) electrons. The van der Waals surface area contributed by atoms with Crippen LogP contribution in [0.25, 0.3) is 0 Å². The van der Waals surface area contributed by atoms with Gasteiger partial charge in [-0.3, -0.25) is 0 Å². The van der Waals surface area contributed by atoms with Gasteiger partial charge in [-0.1, -0.05) is 0 Å². The third-order valence-corrected chi connectivity index (χ3v) is 2.37. The van der Waals surface area contributed by atoms with Gasteiger partial charge in [0.2, 0.25) is 0 Å². The Morgan fingerprint density at radius 2 is 2.18 bits per heavy atom. The topological polar surface area (TPSA) is 58.3 Å². The van der Waals surface area contributed by atoms with E-state index in [0.29, 0.717) is 6.54 Å². The Balaban J connectivity index is 2.38. The predicted octanol–water partition coefficient (Wildman–Crippen LogP) is -0.160. The summed E-state index contributed by atoms with van der Waals surface area (Å²) in [6, 6.07) is 0. The van der Waals surface area contributed by atoms with E-state index in [9.17, 15) is 5.11 Å². The van der Waals surface area contributed by atoms with Crippen LogP contribution in [-0.2, 0) is 0 Å². The quantitative estimate of drug-likeness (QED) is 0.523. The maximum absolute atomic E-state index is 9.93. The molecule has 0 aliphatic carbocycles. The van der Waals surface area contributed by atoms with Crippen molar-refractivity contribution in [2.75, 3.05) is 19.6 Å². The lowest BCUT2D eigenvalue weighted by atomic mass is 9.91. The van der Waals surface area contributed by atoms with Crippen molar-refractivity contribution < 1.29 is 5.11 Å². The highest BCUT2D eigenvalue weighted by molar-refractivity contribution is 4.82. The van der Waals surface area contributed by atoms with Crippen LogP contribution in [0.3, 0.4) is 0 Å². The molecule has 1 fully saturated rings. The van der Waals surface area contributed by atoms with E-state index in [-0.39, 0.29) is 0 Å². The van der Waals surface area contributed by atoms with Gasteiger partial charge in [-0.15, -0.1) is 0 Å². The van der Waals surface area contributed by atoms with Crippen LogP contribution in [0, 0.1) is 0 Å². The first kappa shape index (κ1) is 8.97. The predicted molar refractivity (Wildman–Crippen MR) is 45.3 cm³/mol. The molecule has 66 valence electrons. The zero-order chi connectivity index (χ0) is 8.16. The molecule has 1 unspecified atom stereocenters. The highest BCUT2D eigenvalue weighted by Gasteiger charge is 2.26. The standard InChI is InChI=1S/C8H18N2O/c9-5-3-8(11)2-1-6-10-7-4-8/h10-11H,1-7,9H2. The molecule has 0 bridgehead atoms. The Labute approximate surface area is 68.0 Å². The van der Waals surface area contributed by atoms with E-state index >= 15 is 0 Å². The molecule has 11 heavy (non-hydrogen) atoms. The van der Waals surface area contributed by atoms with Crippen LogP contribution in [0.5, 0.6) is 0 Å². The van der Waals surface area contributed by atoms with Crippen LogP contribution in [0.4, 0.5) is 0 Å². The molecule has 3 heteroatoms. The molecule has 0 aromatic carbocycles. The van der Waals surface area contributed by atoms with Crippen molar-refractivity contribution >= 4 is 0 Å². The van der Waals surface area contributed by atoms with Crippen LogP contribution in [-0.4, -0.2) is 30.3 Å². The first-order valence-corrected chi connectivity index (χ1v) is 4.40. The average molecular weight is 158 g/mol. The van der Waals surface area contributed by atoms with Crippen LogP contribution in [0.15, 0.2) is 0 Å². The van der Waals surface area contributed by atoms with Gasteiger partial charge in [0.1, 0.15) is 0 Å². The lowest BCUT2D eigenvalue weighted by Crippen LogP contribution is -2.32. The second-order valence-electron chi connectivity index (χ2n) is 3.37. The fourth-order valence-electron chi connectivity index (χ4n) is 1.63. The van der Waals surface area contributed by atoms with Gasteiger partial charge in [-0.2, -0.15) is 0 Å². The molecule has 1 atom stereocenters. The van der Waals surface area contributed by atoms with Crippen LogP contribution in [0.2, 0.25) is 0 Å². The van der Waals surface area contributed by atoms with E-state index in [1.54, 1.807) is 0 Å². The number of rotatable bonds is 2. The van der Waals surface area contributed by atoms with Crippen molar-refractivity contribution in [2.24, 2.45) is 5.73 Å². The summed E-state index contributed by atoms with van der Waals surface area (Å²) in [4.78, 5) is 0. The van der Waals surface area contributed by atoms with E-state index in [0.717, 1.165) is 38.8 Å². The SMILES string of the molecule is NCCC1(O)CCCNCC1. The molecule has 1 rings (SSSR count). The van der Waals surface area contributed by atoms with Gasteiger partial charge in [0.05, 0.1) is 5.60 Å². The summed E-state index contributed by atoms with van der Waals surface area (Å²) >= 11 is 0. The minimum Gasteiger partial charge on any atom is -0.390 e. The molecule has 1 saturated heterocycles. The Hall–Kier alpha value is -0.120. The highest BCUT2D eigenvalue weighted by atomic mass is 16.3. The van der Waals surface area contributed by atoms with E-state index in [1.165, 1.54) is 0 Å². The maximum Gasteiger partial charge on any atom is 0.0672 e. The molecule has 0 aromatic rings. The third-order valence-electron chi connectivity index (χ3n) is 2.37. The van der Waals surface area contributed by atoms with Gasteiger partial charge in [0, 0.05) is 0 Å². The van der Waals surface area contributed by atoms with Crippen LogP contribution in [0.1, 0.15) is 25.7 Å². The summed E-state index contributed by atoms with van der Waals surface area (Å²) in [7, 11) is 0. The van der Waals surface area contributed by atoms with Gasteiger partial charge in [-0.25, -0.2) is 0 Å². The Morgan fingerprint density at radius 1 is 1.36 bits per heavy atom. The van der Waals surface area contributed by atoms with Gasteiger partial charge < -0.3 is 16.2 Å². The van der Waals surface area contributed by atoms with Gasteiger partial charge >= 0.3 is 0 Å². The largest absolute Gasteiger partial charge is 0.390 e. The number of nitrogens with two attached hydrogens (primary N) is 1. The monoisotopic (exact) mass is 158 g/mol. The fraction of sp³-hybridized carbons (Fsp3) is 1.00. The first-order valence-electron chi connectivity index (χ1n) is 4.40. The maximum atomic E-state index is 9.93. The molecular formula is C8H18N2O. The first-order chi connectivity index (χ1) is 5.27. The molecule has 3 nitrogen and oxygen atoms in total. The van der Waals surface area contributed by atoms with E-state index < -0.39 is 5.60 Å². The smallest absolute Gasteiger partial charge is 0.0672 e. The number of hydrogen-bond acceptors (Lipinski definition) is 3. The van der Waals surface area contributed by atoms with Gasteiger partial charge in [0.25, 0.3) is 0 Å². The molecule has 0 spiro atoms. The lowest BCUT2D eigenvalue weighted by molar-refractivity contribution is 0.0220. The minimum absolute atomic E-state index is 0.474. The average Bonchev–Trinajstić information content (AvgIpc) is 2.15. The number of aliphatic hydroxyl groups is 1. The van der Waals surface area contributed by atoms with Crippen molar-refractivity contribution in [1.82, 2.24) is 5.32 Å². The van der Waals surface area contributed by atoms with Crippen molar-refractivity contribution in [3.05, 3.63) is 0 Å². The third kappa shape index (κ3) is 2.77. The zero-order valence-corrected chi connectivity index (χ0v) is 6.97. The molecule has 4 N–H and O–H groups in total. The van der Waals surface area contributed by atoms with E-state index in [2.05, 4.69) is 5.32 Å². The lowest BCUT2D eigenvalue weighted by Gasteiger charge is -2.25. The second kappa shape index (κ2) is 4.04. The molecular weight excluding hydrogens is 140 g/mol. The van der Waals surface area contributed by atoms with Gasteiger partial charge in [-0.05, 0) is 45.3 Å². The van der Waals surface area contributed by atoms with Crippen molar-refractivity contribution in [3.8, 4) is 0 Å². The summed E-state index contributed by atoms with van der Waals surface area (Å²) in [5.41, 5.74) is 4.94. The molecule has 1 heterocycles. The van der Waals surface area contributed by atoms with E-state index in [1.807, 2.05) is 0 Å². The normalized spacial score (nSPS) is 33.3. The summed E-state index contributed by atoms with van der Waals surface area (Å²) in [5, 5.41) is 13.2.